The van der Waals surface area contributed by atoms with Crippen molar-refractivity contribution in [2.75, 3.05) is 7.11 Å². The van der Waals surface area contributed by atoms with Crippen molar-refractivity contribution in [3.05, 3.63) is 12.0 Å². The molecule has 0 aromatic heterocycles. The standard InChI is InChI=1S/C13H19NO6/c1-8(2)19-12(16)11-6-5-10(20-9(3)15)7-14(11)13(17)18-4/h7-8,11H,5-6H2,1-4H3/t11-/m0/s1. The Balaban J connectivity index is 2.91. The fourth-order valence-electron chi connectivity index (χ4n) is 1.82. The lowest BCUT2D eigenvalue weighted by atomic mass is 10.1. The van der Waals surface area contributed by atoms with Crippen LogP contribution in [0.4, 0.5) is 4.79 Å². The van der Waals surface area contributed by atoms with Gasteiger partial charge in [-0.05, 0) is 20.3 Å². The molecule has 0 saturated carbocycles. The first-order valence-electron chi connectivity index (χ1n) is 6.31. The van der Waals surface area contributed by atoms with Crippen molar-refractivity contribution < 1.29 is 28.6 Å². The average molecular weight is 285 g/mol. The predicted octanol–water partition coefficient (Wildman–Crippen LogP) is 1.57. The Morgan fingerprint density at radius 1 is 1.35 bits per heavy atom. The minimum atomic E-state index is -0.774. The van der Waals surface area contributed by atoms with Crippen LogP contribution in [-0.2, 0) is 23.8 Å². The van der Waals surface area contributed by atoms with Crippen LogP contribution in [0, 0.1) is 0 Å². The Bertz CT molecular complexity index is 429. The molecule has 1 heterocycles. The highest BCUT2D eigenvalue weighted by Gasteiger charge is 2.35. The van der Waals surface area contributed by atoms with Gasteiger partial charge in [-0.2, -0.15) is 0 Å². The van der Waals surface area contributed by atoms with Crippen LogP contribution in [0.2, 0.25) is 0 Å². The summed E-state index contributed by atoms with van der Waals surface area (Å²) in [4.78, 5) is 35.7. The maximum atomic E-state index is 12.0. The Hall–Kier alpha value is -2.05. The minimum absolute atomic E-state index is 0.277. The van der Waals surface area contributed by atoms with Crippen molar-refractivity contribution in [3.63, 3.8) is 0 Å². The van der Waals surface area contributed by atoms with Crippen LogP contribution in [0.3, 0.4) is 0 Å². The summed E-state index contributed by atoms with van der Waals surface area (Å²) in [6.45, 7) is 4.72. The van der Waals surface area contributed by atoms with Crippen LogP contribution < -0.4 is 0 Å². The molecule has 0 radical (unpaired) electrons. The second-order valence-corrected chi connectivity index (χ2v) is 4.61. The number of allylic oxidation sites excluding steroid dienone is 1. The number of hydrogen-bond donors (Lipinski definition) is 0. The number of hydrogen-bond acceptors (Lipinski definition) is 6. The molecule has 20 heavy (non-hydrogen) atoms. The molecule has 0 N–H and O–H groups in total. The average Bonchev–Trinajstić information content (AvgIpc) is 2.36. The normalized spacial score (nSPS) is 18.4. The van der Waals surface area contributed by atoms with E-state index in [-0.39, 0.29) is 6.10 Å². The third-order valence-corrected chi connectivity index (χ3v) is 2.57. The van der Waals surface area contributed by atoms with Crippen LogP contribution in [0.1, 0.15) is 33.6 Å². The summed E-state index contributed by atoms with van der Waals surface area (Å²) in [5.41, 5.74) is 0. The zero-order chi connectivity index (χ0) is 15.3. The molecule has 112 valence electrons. The first-order valence-corrected chi connectivity index (χ1v) is 6.31. The van der Waals surface area contributed by atoms with E-state index in [9.17, 15) is 14.4 Å². The van der Waals surface area contributed by atoms with Gasteiger partial charge in [0.15, 0.2) is 0 Å². The van der Waals surface area contributed by atoms with Crippen molar-refractivity contribution in [1.82, 2.24) is 4.90 Å². The highest BCUT2D eigenvalue weighted by Crippen LogP contribution is 2.23. The summed E-state index contributed by atoms with van der Waals surface area (Å²) in [7, 11) is 1.21. The number of ether oxygens (including phenoxy) is 3. The van der Waals surface area contributed by atoms with Gasteiger partial charge in [0.2, 0.25) is 0 Å². The third-order valence-electron chi connectivity index (χ3n) is 2.57. The van der Waals surface area contributed by atoms with Gasteiger partial charge in [-0.1, -0.05) is 0 Å². The smallest absolute Gasteiger partial charge is 0.414 e. The summed E-state index contributed by atoms with van der Waals surface area (Å²) in [5.74, 6) is -0.677. The lowest BCUT2D eigenvalue weighted by Crippen LogP contribution is -2.45. The maximum absolute atomic E-state index is 12.0. The van der Waals surface area contributed by atoms with Gasteiger partial charge >= 0.3 is 18.0 Å². The molecule has 1 atom stereocenters. The second kappa shape index (κ2) is 6.93. The molecule has 7 nitrogen and oxygen atoms in total. The largest absolute Gasteiger partial charge is 0.461 e. The fraction of sp³-hybridized carbons (Fsp3) is 0.615. The number of esters is 2. The number of rotatable bonds is 3. The molecular weight excluding hydrogens is 266 g/mol. The molecule has 1 amide bonds. The molecule has 0 saturated heterocycles. The summed E-state index contributed by atoms with van der Waals surface area (Å²) in [5, 5.41) is 0. The Morgan fingerprint density at radius 3 is 2.50 bits per heavy atom. The summed E-state index contributed by atoms with van der Waals surface area (Å²) in [6, 6.07) is -0.774. The lowest BCUT2D eigenvalue weighted by molar-refractivity contribution is -0.153. The Morgan fingerprint density at radius 2 is 2.00 bits per heavy atom. The number of carbonyl (C=O) groups excluding carboxylic acids is 3. The van der Waals surface area contributed by atoms with E-state index in [0.717, 1.165) is 4.90 Å². The minimum Gasteiger partial charge on any atom is -0.461 e. The van der Waals surface area contributed by atoms with Gasteiger partial charge in [-0.3, -0.25) is 9.69 Å². The Labute approximate surface area is 117 Å². The molecular formula is C13H19NO6. The lowest BCUT2D eigenvalue weighted by Gasteiger charge is -2.30. The van der Waals surface area contributed by atoms with E-state index >= 15 is 0 Å². The number of methoxy groups -OCH3 is 1. The van der Waals surface area contributed by atoms with Crippen molar-refractivity contribution >= 4 is 18.0 Å². The summed E-state index contributed by atoms with van der Waals surface area (Å²) >= 11 is 0. The van der Waals surface area contributed by atoms with E-state index in [2.05, 4.69) is 4.74 Å². The summed E-state index contributed by atoms with van der Waals surface area (Å²) < 4.78 is 14.7. The molecule has 7 heteroatoms. The first kappa shape index (κ1) is 16.0. The van der Waals surface area contributed by atoms with Crippen LogP contribution in [-0.4, -0.2) is 42.2 Å². The molecule has 0 unspecified atom stereocenters. The van der Waals surface area contributed by atoms with Gasteiger partial charge in [-0.15, -0.1) is 0 Å². The highest BCUT2D eigenvalue weighted by molar-refractivity contribution is 5.82. The molecule has 1 aliphatic rings. The molecule has 0 aromatic rings. The monoisotopic (exact) mass is 285 g/mol. The van der Waals surface area contributed by atoms with Crippen molar-refractivity contribution in [2.24, 2.45) is 0 Å². The van der Waals surface area contributed by atoms with Crippen molar-refractivity contribution in [1.29, 1.82) is 0 Å². The van der Waals surface area contributed by atoms with E-state index in [0.29, 0.717) is 18.6 Å². The van der Waals surface area contributed by atoms with Crippen LogP contribution in [0.5, 0.6) is 0 Å². The van der Waals surface area contributed by atoms with Crippen LogP contribution in [0.15, 0.2) is 12.0 Å². The molecule has 0 spiro atoms. The maximum Gasteiger partial charge on any atom is 0.414 e. The SMILES string of the molecule is COC(=O)N1C=C(OC(C)=O)CC[C@H]1C(=O)OC(C)C. The molecule has 0 aromatic carbocycles. The van der Waals surface area contributed by atoms with Crippen molar-refractivity contribution in [3.8, 4) is 0 Å². The fourth-order valence-corrected chi connectivity index (χ4v) is 1.82. The zero-order valence-corrected chi connectivity index (χ0v) is 12.0. The zero-order valence-electron chi connectivity index (χ0n) is 12.0. The number of nitrogens with zero attached hydrogens (tertiary/aromatic N) is 1. The van der Waals surface area contributed by atoms with E-state index in [4.69, 9.17) is 9.47 Å². The highest BCUT2D eigenvalue weighted by atomic mass is 16.6. The van der Waals surface area contributed by atoms with Gasteiger partial charge in [0.05, 0.1) is 13.2 Å². The molecule has 1 rings (SSSR count). The first-order chi connectivity index (χ1) is 9.35. The van der Waals surface area contributed by atoms with Crippen LogP contribution in [0.25, 0.3) is 0 Å². The van der Waals surface area contributed by atoms with Crippen molar-refractivity contribution in [2.45, 2.75) is 45.8 Å². The van der Waals surface area contributed by atoms with E-state index in [1.165, 1.54) is 20.2 Å². The van der Waals surface area contributed by atoms with Crippen LogP contribution >= 0.6 is 0 Å². The van der Waals surface area contributed by atoms with E-state index in [1.807, 2.05) is 0 Å². The Kier molecular flexibility index (Phi) is 5.54. The molecule has 0 bridgehead atoms. The van der Waals surface area contributed by atoms with E-state index in [1.54, 1.807) is 13.8 Å². The van der Waals surface area contributed by atoms with Gasteiger partial charge in [0, 0.05) is 19.5 Å². The molecule has 1 aliphatic heterocycles. The summed E-state index contributed by atoms with van der Waals surface area (Å²) in [6.07, 6.45) is 0.995. The third kappa shape index (κ3) is 4.25. The topological polar surface area (TPSA) is 82.1 Å². The van der Waals surface area contributed by atoms with Gasteiger partial charge in [0.1, 0.15) is 11.8 Å². The number of amides is 1. The second-order valence-electron chi connectivity index (χ2n) is 4.61. The molecule has 0 fully saturated rings. The van der Waals surface area contributed by atoms with Gasteiger partial charge in [-0.25, -0.2) is 9.59 Å². The van der Waals surface area contributed by atoms with Gasteiger partial charge in [0.25, 0.3) is 0 Å². The quantitative estimate of drug-likeness (QED) is 0.578. The van der Waals surface area contributed by atoms with E-state index < -0.39 is 24.1 Å². The molecule has 0 aliphatic carbocycles. The number of carbonyl (C=O) groups is 3. The van der Waals surface area contributed by atoms with Gasteiger partial charge < -0.3 is 14.2 Å². The predicted molar refractivity (Wildman–Crippen MR) is 68.3 cm³/mol.